The number of sulfonamides is 1. The Labute approximate surface area is 123 Å². The Morgan fingerprint density at radius 1 is 1.29 bits per heavy atom. The number of nitrogens with one attached hydrogen (secondary N) is 1. The number of primary sulfonamides is 1. The van der Waals surface area contributed by atoms with Crippen molar-refractivity contribution in [3.05, 3.63) is 42.1 Å². The second kappa shape index (κ2) is 5.98. The Hall–Kier alpha value is -2.32. The lowest BCUT2D eigenvalue weighted by Crippen LogP contribution is -2.13. The first kappa shape index (κ1) is 15.1. The standard InChI is InChI=1S/C13H16N4O3S/c1-20-13-6-9(4-5-16-13)8-17-12-3-2-10(7-11(12)14)21(15,18)19/h2-7,17H,8,14H2,1H3,(H2,15,18,19). The SMILES string of the molecule is COc1cc(CNc2ccc(S(N)(=O)=O)cc2N)ccn1. The topological polar surface area (TPSA) is 120 Å². The van der Waals surface area contributed by atoms with E-state index in [0.29, 0.717) is 23.8 Å². The number of rotatable bonds is 5. The van der Waals surface area contributed by atoms with Crippen molar-refractivity contribution in [2.45, 2.75) is 11.4 Å². The summed E-state index contributed by atoms with van der Waals surface area (Å²) in [4.78, 5) is 4.00. The van der Waals surface area contributed by atoms with Gasteiger partial charge in [0.2, 0.25) is 15.9 Å². The van der Waals surface area contributed by atoms with E-state index >= 15 is 0 Å². The molecule has 0 aliphatic heterocycles. The van der Waals surface area contributed by atoms with E-state index in [1.54, 1.807) is 25.4 Å². The first-order valence-electron chi connectivity index (χ1n) is 6.05. The van der Waals surface area contributed by atoms with Gasteiger partial charge in [-0.1, -0.05) is 0 Å². The molecule has 1 aromatic heterocycles. The van der Waals surface area contributed by atoms with Crippen molar-refractivity contribution in [1.29, 1.82) is 0 Å². The minimum Gasteiger partial charge on any atom is -0.481 e. The van der Waals surface area contributed by atoms with Crippen LogP contribution in [0, 0.1) is 0 Å². The summed E-state index contributed by atoms with van der Waals surface area (Å²) < 4.78 is 27.5. The van der Waals surface area contributed by atoms with Crippen LogP contribution in [0.3, 0.4) is 0 Å². The maximum Gasteiger partial charge on any atom is 0.238 e. The van der Waals surface area contributed by atoms with E-state index in [-0.39, 0.29) is 4.90 Å². The van der Waals surface area contributed by atoms with Gasteiger partial charge in [-0.05, 0) is 29.8 Å². The predicted octanol–water partition coefficient (Wildman–Crippen LogP) is 0.932. The Bertz CT molecular complexity index is 747. The molecule has 0 radical (unpaired) electrons. The van der Waals surface area contributed by atoms with Crippen LogP contribution in [0.25, 0.3) is 0 Å². The molecule has 0 amide bonds. The molecule has 2 aromatic rings. The average Bonchev–Trinajstić information content (AvgIpc) is 2.45. The summed E-state index contributed by atoms with van der Waals surface area (Å²) in [5.41, 5.74) is 7.71. The quantitative estimate of drug-likeness (QED) is 0.707. The molecule has 0 unspecified atom stereocenters. The minimum atomic E-state index is -3.75. The van der Waals surface area contributed by atoms with Gasteiger partial charge < -0.3 is 15.8 Å². The molecule has 2 rings (SSSR count). The highest BCUT2D eigenvalue weighted by Crippen LogP contribution is 2.22. The van der Waals surface area contributed by atoms with E-state index < -0.39 is 10.0 Å². The number of pyridine rings is 1. The largest absolute Gasteiger partial charge is 0.481 e. The van der Waals surface area contributed by atoms with E-state index in [0.717, 1.165) is 5.56 Å². The van der Waals surface area contributed by atoms with Crippen LogP contribution in [0.5, 0.6) is 5.88 Å². The molecule has 8 heteroatoms. The van der Waals surface area contributed by atoms with Gasteiger partial charge in [-0.15, -0.1) is 0 Å². The number of nitrogens with two attached hydrogens (primary N) is 2. The maximum absolute atomic E-state index is 11.2. The Balaban J connectivity index is 2.13. The third kappa shape index (κ3) is 3.83. The predicted molar refractivity (Wildman–Crippen MR) is 80.3 cm³/mol. The van der Waals surface area contributed by atoms with E-state index in [4.69, 9.17) is 15.6 Å². The lowest BCUT2D eigenvalue weighted by Gasteiger charge is -2.11. The molecule has 0 aliphatic rings. The third-order valence-electron chi connectivity index (χ3n) is 2.84. The third-order valence-corrected chi connectivity index (χ3v) is 3.75. The molecule has 5 N–H and O–H groups in total. The molecular formula is C13H16N4O3S. The zero-order valence-corrected chi connectivity index (χ0v) is 12.2. The molecule has 0 saturated heterocycles. The number of nitrogen functional groups attached to an aromatic ring is 1. The van der Waals surface area contributed by atoms with Crippen molar-refractivity contribution in [3.63, 3.8) is 0 Å². The first-order chi connectivity index (χ1) is 9.90. The lowest BCUT2D eigenvalue weighted by molar-refractivity contribution is 0.397. The summed E-state index contributed by atoms with van der Waals surface area (Å²) >= 11 is 0. The molecular weight excluding hydrogens is 292 g/mol. The number of benzene rings is 1. The van der Waals surface area contributed by atoms with Gasteiger partial charge in [0.1, 0.15) is 0 Å². The van der Waals surface area contributed by atoms with Crippen LogP contribution in [0.15, 0.2) is 41.4 Å². The summed E-state index contributed by atoms with van der Waals surface area (Å²) in [6.07, 6.45) is 1.64. The van der Waals surface area contributed by atoms with Crippen molar-refractivity contribution in [3.8, 4) is 5.88 Å². The molecule has 112 valence electrons. The Morgan fingerprint density at radius 3 is 2.67 bits per heavy atom. The van der Waals surface area contributed by atoms with Crippen LogP contribution in [0.2, 0.25) is 0 Å². The van der Waals surface area contributed by atoms with Crippen LogP contribution in [0.4, 0.5) is 11.4 Å². The highest BCUT2D eigenvalue weighted by molar-refractivity contribution is 7.89. The fourth-order valence-corrected chi connectivity index (χ4v) is 2.30. The number of aromatic nitrogens is 1. The molecule has 1 aromatic carbocycles. The number of hydrogen-bond donors (Lipinski definition) is 3. The molecule has 0 saturated carbocycles. The average molecular weight is 308 g/mol. The molecule has 0 aliphatic carbocycles. The molecule has 1 heterocycles. The normalized spacial score (nSPS) is 11.1. The van der Waals surface area contributed by atoms with Gasteiger partial charge in [0, 0.05) is 18.8 Å². The second-order valence-electron chi connectivity index (χ2n) is 4.35. The van der Waals surface area contributed by atoms with Gasteiger partial charge in [-0.3, -0.25) is 0 Å². The molecule has 21 heavy (non-hydrogen) atoms. The highest BCUT2D eigenvalue weighted by atomic mass is 32.2. The van der Waals surface area contributed by atoms with Crippen molar-refractivity contribution >= 4 is 21.4 Å². The summed E-state index contributed by atoms with van der Waals surface area (Å²) in [7, 11) is -2.21. The highest BCUT2D eigenvalue weighted by Gasteiger charge is 2.10. The summed E-state index contributed by atoms with van der Waals surface area (Å²) in [6, 6.07) is 7.94. The van der Waals surface area contributed by atoms with Crippen molar-refractivity contribution in [2.75, 3.05) is 18.2 Å². The minimum absolute atomic E-state index is 0.0175. The second-order valence-corrected chi connectivity index (χ2v) is 5.92. The van der Waals surface area contributed by atoms with Gasteiger partial charge in [-0.2, -0.15) is 0 Å². The smallest absolute Gasteiger partial charge is 0.238 e. The summed E-state index contributed by atoms with van der Waals surface area (Å²) in [6.45, 7) is 0.498. The maximum atomic E-state index is 11.2. The number of nitrogens with zero attached hydrogens (tertiary/aromatic N) is 1. The molecule has 0 fully saturated rings. The van der Waals surface area contributed by atoms with E-state index in [9.17, 15) is 8.42 Å². The number of anilines is 2. The lowest BCUT2D eigenvalue weighted by atomic mass is 10.2. The van der Waals surface area contributed by atoms with Crippen LogP contribution in [0.1, 0.15) is 5.56 Å². The van der Waals surface area contributed by atoms with Crippen LogP contribution < -0.4 is 20.9 Å². The summed E-state index contributed by atoms with van der Waals surface area (Å²) in [5, 5.41) is 8.16. The fraction of sp³-hybridized carbons (Fsp3) is 0.154. The van der Waals surface area contributed by atoms with E-state index in [2.05, 4.69) is 10.3 Å². The molecule has 0 bridgehead atoms. The number of hydrogen-bond acceptors (Lipinski definition) is 6. The zero-order valence-electron chi connectivity index (χ0n) is 11.4. The Kier molecular flexibility index (Phi) is 4.29. The summed E-state index contributed by atoms with van der Waals surface area (Å²) in [5.74, 6) is 0.520. The zero-order chi connectivity index (χ0) is 15.5. The molecule has 0 atom stereocenters. The molecule has 0 spiro atoms. The first-order valence-corrected chi connectivity index (χ1v) is 7.60. The van der Waals surface area contributed by atoms with Gasteiger partial charge in [-0.25, -0.2) is 18.5 Å². The van der Waals surface area contributed by atoms with Crippen LogP contribution in [-0.2, 0) is 16.6 Å². The van der Waals surface area contributed by atoms with E-state index in [1.165, 1.54) is 12.1 Å². The fourth-order valence-electron chi connectivity index (χ4n) is 1.75. The van der Waals surface area contributed by atoms with E-state index in [1.807, 2.05) is 6.07 Å². The van der Waals surface area contributed by atoms with Crippen molar-refractivity contribution in [1.82, 2.24) is 4.98 Å². The monoisotopic (exact) mass is 308 g/mol. The Morgan fingerprint density at radius 2 is 2.05 bits per heavy atom. The van der Waals surface area contributed by atoms with Gasteiger partial charge >= 0.3 is 0 Å². The van der Waals surface area contributed by atoms with Crippen LogP contribution in [-0.4, -0.2) is 20.5 Å². The number of methoxy groups -OCH3 is 1. The van der Waals surface area contributed by atoms with Crippen molar-refractivity contribution in [2.24, 2.45) is 5.14 Å². The number of ether oxygens (including phenoxy) is 1. The van der Waals surface area contributed by atoms with Gasteiger partial charge in [0.05, 0.1) is 23.4 Å². The van der Waals surface area contributed by atoms with Gasteiger partial charge in [0.15, 0.2) is 0 Å². The van der Waals surface area contributed by atoms with Crippen molar-refractivity contribution < 1.29 is 13.2 Å². The molecule has 7 nitrogen and oxygen atoms in total. The van der Waals surface area contributed by atoms with Gasteiger partial charge in [0.25, 0.3) is 0 Å². The van der Waals surface area contributed by atoms with Crippen LogP contribution >= 0.6 is 0 Å².